The highest BCUT2D eigenvalue weighted by Crippen LogP contribution is 2.36. The van der Waals surface area contributed by atoms with Gasteiger partial charge in [-0.2, -0.15) is 0 Å². The predicted octanol–water partition coefficient (Wildman–Crippen LogP) is 5.76. The highest BCUT2D eigenvalue weighted by molar-refractivity contribution is 9.10. The van der Waals surface area contributed by atoms with E-state index in [2.05, 4.69) is 66.3 Å². The van der Waals surface area contributed by atoms with Gasteiger partial charge >= 0.3 is 0 Å². The summed E-state index contributed by atoms with van der Waals surface area (Å²) in [5.74, 6) is 0.326. The minimum atomic E-state index is -0.328. The molecular formula is C22H27BrN2O. The molecule has 0 aliphatic carbocycles. The highest BCUT2D eigenvalue weighted by atomic mass is 79.9. The second-order valence-electron chi connectivity index (χ2n) is 7.24. The van der Waals surface area contributed by atoms with E-state index in [4.69, 9.17) is 4.99 Å². The molecule has 0 amide bonds. The summed E-state index contributed by atoms with van der Waals surface area (Å²) < 4.78 is 0.973. The zero-order chi connectivity index (χ0) is 18.7. The maximum absolute atomic E-state index is 10.4. The first-order chi connectivity index (χ1) is 12.4. The third-order valence-electron chi connectivity index (χ3n) is 5.06. The van der Waals surface area contributed by atoms with E-state index in [1.54, 1.807) is 6.07 Å². The maximum Gasteiger partial charge on any atom is 0.120 e. The Morgan fingerprint density at radius 1 is 1.19 bits per heavy atom. The van der Waals surface area contributed by atoms with Gasteiger partial charge in [0.25, 0.3) is 0 Å². The summed E-state index contributed by atoms with van der Waals surface area (Å²) in [7, 11) is 0. The molecule has 0 unspecified atom stereocenters. The molecule has 1 aliphatic heterocycles. The van der Waals surface area contributed by atoms with E-state index >= 15 is 0 Å². The topological polar surface area (TPSA) is 44.6 Å². The summed E-state index contributed by atoms with van der Waals surface area (Å²) in [5, 5.41) is 14.1. The lowest BCUT2D eigenvalue weighted by atomic mass is 9.90. The number of phenols is 1. The molecule has 3 nitrogen and oxygen atoms in total. The molecule has 0 bridgehead atoms. The van der Waals surface area contributed by atoms with Gasteiger partial charge in [0, 0.05) is 28.2 Å². The Balaban J connectivity index is 1.99. The number of benzene rings is 2. The maximum atomic E-state index is 10.4. The van der Waals surface area contributed by atoms with Crippen molar-refractivity contribution >= 4 is 21.6 Å². The number of hydrogen-bond acceptors (Lipinski definition) is 3. The van der Waals surface area contributed by atoms with Crippen LogP contribution < -0.4 is 5.32 Å². The summed E-state index contributed by atoms with van der Waals surface area (Å²) in [6.45, 7) is 6.50. The molecule has 1 heterocycles. The molecule has 0 saturated heterocycles. The van der Waals surface area contributed by atoms with E-state index in [0.717, 1.165) is 41.4 Å². The Hall–Kier alpha value is -1.65. The van der Waals surface area contributed by atoms with E-state index in [0.29, 0.717) is 5.75 Å². The van der Waals surface area contributed by atoms with E-state index in [9.17, 15) is 5.11 Å². The lowest BCUT2D eigenvalue weighted by Crippen LogP contribution is -2.47. The van der Waals surface area contributed by atoms with Gasteiger partial charge in [-0.15, -0.1) is 0 Å². The van der Waals surface area contributed by atoms with E-state index in [1.165, 1.54) is 11.1 Å². The van der Waals surface area contributed by atoms with Crippen LogP contribution in [0.3, 0.4) is 0 Å². The zero-order valence-electron chi connectivity index (χ0n) is 15.7. The van der Waals surface area contributed by atoms with Crippen molar-refractivity contribution < 1.29 is 5.11 Å². The first kappa shape index (κ1) is 19.1. The quantitative estimate of drug-likeness (QED) is 0.653. The van der Waals surface area contributed by atoms with Crippen molar-refractivity contribution in [3.63, 3.8) is 0 Å². The Kier molecular flexibility index (Phi) is 5.83. The van der Waals surface area contributed by atoms with E-state index < -0.39 is 0 Å². The van der Waals surface area contributed by atoms with Gasteiger partial charge in [0.1, 0.15) is 11.4 Å². The molecule has 2 aromatic carbocycles. The zero-order valence-corrected chi connectivity index (χ0v) is 17.3. The Morgan fingerprint density at radius 2 is 1.92 bits per heavy atom. The Bertz CT molecular complexity index is 800. The summed E-state index contributed by atoms with van der Waals surface area (Å²) in [5.41, 5.74) is 4.20. The lowest BCUT2D eigenvalue weighted by molar-refractivity contribution is 0.283. The predicted molar refractivity (Wildman–Crippen MR) is 112 cm³/mol. The van der Waals surface area contributed by atoms with Crippen LogP contribution in [0, 0.1) is 0 Å². The second-order valence-corrected chi connectivity index (χ2v) is 8.15. The van der Waals surface area contributed by atoms with Gasteiger partial charge in [0.15, 0.2) is 0 Å². The molecule has 2 aromatic rings. The van der Waals surface area contributed by atoms with Crippen molar-refractivity contribution in [3.8, 4) is 5.75 Å². The van der Waals surface area contributed by atoms with Crippen LogP contribution in [0.5, 0.6) is 5.75 Å². The van der Waals surface area contributed by atoms with Crippen molar-refractivity contribution in [2.24, 2.45) is 4.99 Å². The van der Waals surface area contributed by atoms with Gasteiger partial charge in [-0.25, -0.2) is 0 Å². The standard InChI is InChI=1S/C22H27BrN2O/c1-4-12-22(3)24-19(16-8-6-15(5-2)7-9-16)14-20(25-22)18-13-17(23)10-11-21(18)26/h6-11,13,20,25-26H,4-5,12,14H2,1-3H3/t20-,22+/m1/s1. The number of aromatic hydroxyl groups is 1. The molecule has 138 valence electrons. The Labute approximate surface area is 164 Å². The molecule has 0 aromatic heterocycles. The third-order valence-corrected chi connectivity index (χ3v) is 5.55. The number of aryl methyl sites for hydroxylation is 1. The number of aliphatic imine (C=N–C) groups is 1. The summed E-state index contributed by atoms with van der Waals surface area (Å²) in [6.07, 6.45) is 3.80. The molecular weight excluding hydrogens is 388 g/mol. The molecule has 0 spiro atoms. The highest BCUT2D eigenvalue weighted by Gasteiger charge is 2.33. The molecule has 26 heavy (non-hydrogen) atoms. The van der Waals surface area contributed by atoms with Crippen LogP contribution in [0.4, 0.5) is 0 Å². The van der Waals surface area contributed by atoms with Crippen LogP contribution >= 0.6 is 15.9 Å². The van der Waals surface area contributed by atoms with Crippen LogP contribution in [-0.4, -0.2) is 16.5 Å². The van der Waals surface area contributed by atoms with E-state index in [1.807, 2.05) is 12.1 Å². The second kappa shape index (κ2) is 7.93. The molecule has 3 rings (SSSR count). The number of nitrogens with one attached hydrogen (secondary N) is 1. The minimum absolute atomic E-state index is 0.0300. The molecule has 2 atom stereocenters. The largest absolute Gasteiger partial charge is 0.508 e. The normalized spacial score (nSPS) is 22.9. The van der Waals surface area contributed by atoms with Crippen molar-refractivity contribution in [1.82, 2.24) is 5.32 Å². The molecule has 4 heteroatoms. The van der Waals surface area contributed by atoms with Crippen LogP contribution in [0.25, 0.3) is 0 Å². The smallest absolute Gasteiger partial charge is 0.120 e. The van der Waals surface area contributed by atoms with Crippen molar-refractivity contribution in [1.29, 1.82) is 0 Å². The fourth-order valence-electron chi connectivity index (χ4n) is 3.72. The fourth-order valence-corrected chi connectivity index (χ4v) is 4.10. The lowest BCUT2D eigenvalue weighted by Gasteiger charge is -2.38. The van der Waals surface area contributed by atoms with Gasteiger partial charge in [0.05, 0.1) is 0 Å². The Morgan fingerprint density at radius 3 is 2.58 bits per heavy atom. The van der Waals surface area contributed by atoms with Gasteiger partial charge in [-0.3, -0.25) is 10.3 Å². The number of nitrogens with zero attached hydrogens (tertiary/aromatic N) is 1. The summed E-state index contributed by atoms with van der Waals surface area (Å²) in [6, 6.07) is 14.4. The molecule has 0 radical (unpaired) electrons. The molecule has 0 fully saturated rings. The number of hydrogen-bond donors (Lipinski definition) is 2. The number of phenolic OH excluding ortho intramolecular Hbond substituents is 1. The fraction of sp³-hybridized carbons (Fsp3) is 0.409. The number of halogens is 1. The molecule has 0 saturated carbocycles. The average Bonchev–Trinajstić information content (AvgIpc) is 2.63. The van der Waals surface area contributed by atoms with Gasteiger partial charge in [-0.05, 0) is 49.1 Å². The van der Waals surface area contributed by atoms with E-state index in [-0.39, 0.29) is 11.7 Å². The minimum Gasteiger partial charge on any atom is -0.508 e. The van der Waals surface area contributed by atoms with Gasteiger partial charge in [0.2, 0.25) is 0 Å². The SMILES string of the molecule is CCC[C@@]1(C)N=C(c2ccc(CC)cc2)C[C@H](c2cc(Br)ccc2O)N1. The van der Waals surface area contributed by atoms with Crippen LogP contribution in [0.15, 0.2) is 51.9 Å². The first-order valence-electron chi connectivity index (χ1n) is 9.38. The number of rotatable bonds is 5. The van der Waals surface area contributed by atoms with Crippen molar-refractivity contribution in [3.05, 3.63) is 63.6 Å². The van der Waals surface area contributed by atoms with Crippen LogP contribution in [0.1, 0.15) is 62.8 Å². The van der Waals surface area contributed by atoms with Gasteiger partial charge < -0.3 is 5.11 Å². The summed E-state index contributed by atoms with van der Waals surface area (Å²) >= 11 is 3.53. The molecule has 1 aliphatic rings. The van der Waals surface area contributed by atoms with Gasteiger partial charge in [-0.1, -0.05) is 60.5 Å². The average molecular weight is 415 g/mol. The third kappa shape index (κ3) is 4.18. The van der Waals surface area contributed by atoms with Crippen LogP contribution in [-0.2, 0) is 6.42 Å². The first-order valence-corrected chi connectivity index (χ1v) is 10.2. The monoisotopic (exact) mass is 414 g/mol. The van der Waals surface area contributed by atoms with Crippen molar-refractivity contribution in [2.75, 3.05) is 0 Å². The molecule has 2 N–H and O–H groups in total. The summed E-state index contributed by atoms with van der Waals surface area (Å²) in [4.78, 5) is 5.07. The van der Waals surface area contributed by atoms with Crippen LogP contribution in [0.2, 0.25) is 0 Å². The van der Waals surface area contributed by atoms with Crippen molar-refractivity contribution in [2.45, 2.75) is 58.2 Å².